The largest absolute Gasteiger partial charge is 0.465 e. The van der Waals surface area contributed by atoms with Crippen LogP contribution in [0.5, 0.6) is 11.5 Å². The van der Waals surface area contributed by atoms with Gasteiger partial charge in [0.15, 0.2) is 11.5 Å². The summed E-state index contributed by atoms with van der Waals surface area (Å²) in [6.45, 7) is 2.36. The minimum absolute atomic E-state index is 0.205. The average Bonchev–Trinajstić information content (AvgIpc) is 3.07. The van der Waals surface area contributed by atoms with Crippen molar-refractivity contribution in [3.63, 3.8) is 0 Å². The van der Waals surface area contributed by atoms with Crippen LogP contribution in [0.25, 0.3) is 0 Å². The van der Waals surface area contributed by atoms with Crippen LogP contribution in [0.4, 0.5) is 5.69 Å². The normalized spacial score (nSPS) is 13.9. The Kier molecular flexibility index (Phi) is 4.79. The number of methoxy groups -OCH3 is 1. The Bertz CT molecular complexity index is 770. The summed E-state index contributed by atoms with van der Waals surface area (Å²) in [6, 6.07) is 13.1. The van der Waals surface area contributed by atoms with Crippen molar-refractivity contribution in [1.82, 2.24) is 0 Å². The predicted molar refractivity (Wildman–Crippen MR) is 91.4 cm³/mol. The molecule has 0 radical (unpaired) electrons. The molecule has 0 saturated carbocycles. The summed E-state index contributed by atoms with van der Waals surface area (Å²) in [5.41, 5.74) is 2.23. The molecule has 3 rings (SSSR count). The molecule has 2 aromatic carbocycles. The van der Waals surface area contributed by atoms with Crippen molar-refractivity contribution in [3.8, 4) is 11.5 Å². The molecule has 0 fully saturated rings. The highest BCUT2D eigenvalue weighted by Gasteiger charge is 2.14. The van der Waals surface area contributed by atoms with Crippen molar-refractivity contribution in [2.45, 2.75) is 13.3 Å². The number of nitrogens with zero attached hydrogens (tertiary/aromatic N) is 1. The number of rotatable bonds is 5. The summed E-state index contributed by atoms with van der Waals surface area (Å²) in [4.78, 5) is 16.2. The van der Waals surface area contributed by atoms with Gasteiger partial charge in [-0.2, -0.15) is 0 Å². The fraction of sp³-hybridized carbons (Fsp3) is 0.263. The number of ether oxygens (including phenoxy) is 3. The average molecular weight is 325 g/mol. The van der Waals surface area contributed by atoms with Gasteiger partial charge in [0.25, 0.3) is 0 Å². The van der Waals surface area contributed by atoms with Gasteiger partial charge in [0, 0.05) is 6.21 Å². The summed E-state index contributed by atoms with van der Waals surface area (Å²) >= 11 is 0. The Morgan fingerprint density at radius 1 is 1.25 bits per heavy atom. The van der Waals surface area contributed by atoms with Gasteiger partial charge in [-0.3, -0.25) is 4.99 Å². The lowest BCUT2D eigenvalue weighted by Gasteiger charge is -2.08. The standard InChI is InChI=1S/C19H19NO4/c1-13(9-14-7-8-17-18(10-14)24-12-23-17)11-20-16-6-4-3-5-15(16)19(21)22-2/h3-8,10-11,13H,9,12H2,1-2H3. The summed E-state index contributed by atoms with van der Waals surface area (Å²) in [6.07, 6.45) is 2.67. The van der Waals surface area contributed by atoms with Gasteiger partial charge in [-0.15, -0.1) is 0 Å². The zero-order valence-electron chi connectivity index (χ0n) is 13.7. The maximum Gasteiger partial charge on any atom is 0.340 e. The van der Waals surface area contributed by atoms with Gasteiger partial charge in [-0.25, -0.2) is 4.79 Å². The van der Waals surface area contributed by atoms with Crippen molar-refractivity contribution < 1.29 is 19.0 Å². The maximum atomic E-state index is 11.8. The van der Waals surface area contributed by atoms with Gasteiger partial charge < -0.3 is 14.2 Å². The molecule has 1 aliphatic rings. The third kappa shape index (κ3) is 3.56. The van der Waals surface area contributed by atoms with E-state index >= 15 is 0 Å². The zero-order chi connectivity index (χ0) is 16.9. The number of esters is 1. The Balaban J connectivity index is 1.70. The van der Waals surface area contributed by atoms with Gasteiger partial charge >= 0.3 is 5.97 Å². The zero-order valence-corrected chi connectivity index (χ0v) is 13.7. The number of aliphatic imine (C=N–C) groups is 1. The molecule has 1 atom stereocenters. The van der Waals surface area contributed by atoms with Gasteiger partial charge in [0.1, 0.15) is 0 Å². The molecule has 0 spiro atoms. The Morgan fingerprint density at radius 3 is 2.88 bits per heavy atom. The van der Waals surface area contributed by atoms with E-state index in [1.807, 2.05) is 30.5 Å². The van der Waals surface area contributed by atoms with Crippen LogP contribution in [0.2, 0.25) is 0 Å². The van der Waals surface area contributed by atoms with Gasteiger partial charge in [-0.1, -0.05) is 25.1 Å². The highest BCUT2D eigenvalue weighted by Crippen LogP contribution is 2.33. The molecule has 1 heterocycles. The van der Waals surface area contributed by atoms with Crippen molar-refractivity contribution in [1.29, 1.82) is 0 Å². The number of benzene rings is 2. The third-order valence-corrected chi connectivity index (χ3v) is 3.77. The quantitative estimate of drug-likeness (QED) is 0.620. The first kappa shape index (κ1) is 16.1. The van der Waals surface area contributed by atoms with Crippen molar-refractivity contribution in [2.24, 2.45) is 10.9 Å². The van der Waals surface area contributed by atoms with Crippen molar-refractivity contribution in [3.05, 3.63) is 53.6 Å². The topological polar surface area (TPSA) is 57.1 Å². The van der Waals surface area contributed by atoms with Gasteiger partial charge in [0.2, 0.25) is 6.79 Å². The molecular formula is C19H19NO4. The number of para-hydroxylation sites is 1. The van der Waals surface area contributed by atoms with E-state index in [2.05, 4.69) is 11.9 Å². The molecule has 0 amide bonds. The second-order valence-corrected chi connectivity index (χ2v) is 5.66. The monoisotopic (exact) mass is 325 g/mol. The number of hydrogen-bond acceptors (Lipinski definition) is 5. The van der Waals surface area contributed by atoms with E-state index in [1.54, 1.807) is 18.2 Å². The highest BCUT2D eigenvalue weighted by atomic mass is 16.7. The smallest absolute Gasteiger partial charge is 0.340 e. The Morgan fingerprint density at radius 2 is 2.04 bits per heavy atom. The predicted octanol–water partition coefficient (Wildman–Crippen LogP) is 3.78. The molecule has 1 unspecified atom stereocenters. The second kappa shape index (κ2) is 7.17. The molecule has 0 saturated heterocycles. The van der Waals surface area contributed by atoms with Crippen LogP contribution in [-0.2, 0) is 11.2 Å². The fourth-order valence-electron chi connectivity index (χ4n) is 2.57. The van der Waals surface area contributed by atoms with E-state index in [4.69, 9.17) is 14.2 Å². The fourth-order valence-corrected chi connectivity index (χ4v) is 2.57. The van der Waals surface area contributed by atoms with Gasteiger partial charge in [-0.05, 0) is 42.2 Å². The van der Waals surface area contributed by atoms with E-state index < -0.39 is 0 Å². The molecule has 2 aromatic rings. The molecule has 124 valence electrons. The van der Waals surface area contributed by atoms with Crippen LogP contribution in [0.3, 0.4) is 0 Å². The summed E-state index contributed by atoms with van der Waals surface area (Å²) in [5, 5.41) is 0. The van der Waals surface area contributed by atoms with Crippen molar-refractivity contribution >= 4 is 17.9 Å². The first-order chi connectivity index (χ1) is 11.7. The number of carbonyl (C=O) groups is 1. The number of fused-ring (bicyclic) bond motifs is 1. The second-order valence-electron chi connectivity index (χ2n) is 5.66. The SMILES string of the molecule is COC(=O)c1ccccc1N=CC(C)Cc1ccc2c(c1)OCO2. The molecule has 24 heavy (non-hydrogen) atoms. The van der Waals surface area contributed by atoms with E-state index in [9.17, 15) is 4.79 Å². The van der Waals surface area contributed by atoms with Crippen LogP contribution in [0, 0.1) is 5.92 Å². The lowest BCUT2D eigenvalue weighted by Crippen LogP contribution is -2.03. The first-order valence-electron chi connectivity index (χ1n) is 7.77. The van der Waals surface area contributed by atoms with E-state index in [-0.39, 0.29) is 18.7 Å². The molecule has 0 aromatic heterocycles. The third-order valence-electron chi connectivity index (χ3n) is 3.77. The lowest BCUT2D eigenvalue weighted by atomic mass is 10.0. The molecular weight excluding hydrogens is 306 g/mol. The van der Waals surface area contributed by atoms with Crippen LogP contribution < -0.4 is 9.47 Å². The molecule has 1 aliphatic heterocycles. The van der Waals surface area contributed by atoms with Crippen LogP contribution in [0.1, 0.15) is 22.8 Å². The molecule has 0 bridgehead atoms. The van der Waals surface area contributed by atoms with E-state index in [0.29, 0.717) is 11.3 Å². The van der Waals surface area contributed by atoms with Crippen molar-refractivity contribution in [2.75, 3.05) is 13.9 Å². The van der Waals surface area contributed by atoms with Crippen LogP contribution in [-0.4, -0.2) is 26.1 Å². The molecule has 5 nitrogen and oxygen atoms in total. The summed E-state index contributed by atoms with van der Waals surface area (Å²) in [7, 11) is 1.37. The Labute approximate surface area is 140 Å². The summed E-state index contributed by atoms with van der Waals surface area (Å²) < 4.78 is 15.5. The highest BCUT2D eigenvalue weighted by molar-refractivity contribution is 5.95. The van der Waals surface area contributed by atoms with Crippen LogP contribution in [0.15, 0.2) is 47.5 Å². The number of hydrogen-bond donors (Lipinski definition) is 0. The molecule has 0 aliphatic carbocycles. The molecule has 5 heteroatoms. The Hall–Kier alpha value is -2.82. The van der Waals surface area contributed by atoms with Crippen LogP contribution >= 0.6 is 0 Å². The van der Waals surface area contributed by atoms with E-state index in [1.165, 1.54) is 7.11 Å². The minimum Gasteiger partial charge on any atom is -0.465 e. The van der Waals surface area contributed by atoms with Gasteiger partial charge in [0.05, 0.1) is 18.4 Å². The minimum atomic E-state index is -0.383. The molecule has 0 N–H and O–H groups in total. The first-order valence-corrected chi connectivity index (χ1v) is 7.77. The summed E-state index contributed by atoms with van der Waals surface area (Å²) in [5.74, 6) is 1.39. The maximum absolute atomic E-state index is 11.8. The lowest BCUT2D eigenvalue weighted by molar-refractivity contribution is 0.0601. The number of carbonyl (C=O) groups excluding carboxylic acids is 1. The van der Waals surface area contributed by atoms with E-state index in [0.717, 1.165) is 23.5 Å².